The zero-order valence-electron chi connectivity index (χ0n) is 10.0. The number of nitro benzene ring substituents is 1. The molecular weight excluding hydrogens is 350 g/mol. The van der Waals surface area contributed by atoms with E-state index in [4.69, 9.17) is 16.3 Å². The van der Waals surface area contributed by atoms with E-state index in [2.05, 4.69) is 15.9 Å². The predicted molar refractivity (Wildman–Crippen MR) is 78.2 cm³/mol. The Morgan fingerprint density at radius 2 is 2.00 bits per heavy atom. The minimum absolute atomic E-state index is 0.110. The van der Waals surface area contributed by atoms with Crippen LogP contribution in [0.25, 0.3) is 0 Å². The summed E-state index contributed by atoms with van der Waals surface area (Å²) in [6, 6.07) is 9.09. The molecule has 2 rings (SSSR count). The Labute approximate surface area is 128 Å². The largest absolute Gasteiger partial charge is 0.455 e. The van der Waals surface area contributed by atoms with Gasteiger partial charge in [0.25, 0.3) is 5.69 Å². The lowest BCUT2D eigenvalue weighted by Gasteiger charge is -2.11. The summed E-state index contributed by atoms with van der Waals surface area (Å²) in [5.74, 6) is 0.711. The number of aliphatic hydroxyl groups is 1. The fraction of sp³-hybridized carbons (Fsp3) is 0.0769. The van der Waals surface area contributed by atoms with Gasteiger partial charge in [0, 0.05) is 22.2 Å². The van der Waals surface area contributed by atoms with Gasteiger partial charge in [-0.2, -0.15) is 0 Å². The maximum absolute atomic E-state index is 10.7. The molecule has 0 amide bonds. The van der Waals surface area contributed by atoms with Gasteiger partial charge in [0.1, 0.15) is 11.5 Å². The molecule has 0 aliphatic carbocycles. The normalized spacial score (nSPS) is 10.3. The third-order valence-corrected chi connectivity index (χ3v) is 3.34. The fourth-order valence-corrected chi connectivity index (χ4v) is 2.07. The summed E-state index contributed by atoms with van der Waals surface area (Å²) in [7, 11) is 0. The molecule has 7 heteroatoms. The van der Waals surface area contributed by atoms with Gasteiger partial charge in [-0.1, -0.05) is 27.5 Å². The molecule has 0 saturated heterocycles. The highest BCUT2D eigenvalue weighted by atomic mass is 79.9. The number of nitro groups is 1. The topological polar surface area (TPSA) is 72.6 Å². The molecule has 2 aromatic carbocycles. The van der Waals surface area contributed by atoms with Gasteiger partial charge in [0.05, 0.1) is 16.6 Å². The Kier molecular flexibility index (Phi) is 4.59. The zero-order chi connectivity index (χ0) is 14.7. The van der Waals surface area contributed by atoms with Crippen LogP contribution in [0, 0.1) is 10.1 Å². The van der Waals surface area contributed by atoms with E-state index in [9.17, 15) is 15.2 Å². The minimum atomic E-state index is -0.533. The van der Waals surface area contributed by atoms with E-state index in [-0.39, 0.29) is 12.3 Å². The molecule has 1 N–H and O–H groups in total. The van der Waals surface area contributed by atoms with E-state index >= 15 is 0 Å². The number of hydrogen-bond acceptors (Lipinski definition) is 4. The van der Waals surface area contributed by atoms with Crippen molar-refractivity contribution in [1.29, 1.82) is 0 Å². The number of non-ortho nitro benzene ring substituents is 1. The van der Waals surface area contributed by atoms with E-state index < -0.39 is 4.92 Å². The second-order valence-electron chi connectivity index (χ2n) is 3.88. The van der Waals surface area contributed by atoms with Crippen molar-refractivity contribution >= 4 is 33.2 Å². The zero-order valence-corrected chi connectivity index (χ0v) is 12.4. The predicted octanol–water partition coefficient (Wildman–Crippen LogP) is 4.30. The standard InChI is InChI=1S/C13H9BrClNO4/c14-9-1-3-11(15)13(6-9)20-12-4-2-10(16(18)19)5-8(12)7-17/h1-6,17H,7H2. The molecule has 0 aliphatic heterocycles. The number of aliphatic hydroxyl groups excluding tert-OH is 1. The first-order valence-electron chi connectivity index (χ1n) is 5.52. The van der Waals surface area contributed by atoms with Gasteiger partial charge in [-0.25, -0.2) is 0 Å². The molecule has 0 radical (unpaired) electrons. The van der Waals surface area contributed by atoms with Crippen molar-refractivity contribution in [3.8, 4) is 11.5 Å². The average Bonchev–Trinajstić information content (AvgIpc) is 2.43. The quantitative estimate of drug-likeness (QED) is 0.653. The van der Waals surface area contributed by atoms with Gasteiger partial charge in [0.15, 0.2) is 0 Å². The highest BCUT2D eigenvalue weighted by molar-refractivity contribution is 9.10. The fourth-order valence-electron chi connectivity index (χ4n) is 1.58. The lowest BCUT2D eigenvalue weighted by atomic mass is 10.2. The lowest BCUT2D eigenvalue weighted by molar-refractivity contribution is -0.385. The Bertz CT molecular complexity index is 663. The first-order valence-corrected chi connectivity index (χ1v) is 6.69. The SMILES string of the molecule is O=[N+]([O-])c1ccc(Oc2cc(Br)ccc2Cl)c(CO)c1. The van der Waals surface area contributed by atoms with Crippen LogP contribution in [0.3, 0.4) is 0 Å². The van der Waals surface area contributed by atoms with Gasteiger partial charge in [-0.15, -0.1) is 0 Å². The number of hydrogen-bond donors (Lipinski definition) is 1. The van der Waals surface area contributed by atoms with Crippen LogP contribution < -0.4 is 4.74 Å². The van der Waals surface area contributed by atoms with E-state index in [0.717, 1.165) is 4.47 Å². The van der Waals surface area contributed by atoms with Gasteiger partial charge >= 0.3 is 0 Å². The monoisotopic (exact) mass is 357 g/mol. The van der Waals surface area contributed by atoms with Crippen molar-refractivity contribution in [3.63, 3.8) is 0 Å². The molecule has 0 atom stereocenters. The Balaban J connectivity index is 2.38. The summed E-state index contributed by atoms with van der Waals surface area (Å²) < 4.78 is 6.38. The maximum Gasteiger partial charge on any atom is 0.270 e. The van der Waals surface area contributed by atoms with Crippen LogP contribution in [0.1, 0.15) is 5.56 Å². The first kappa shape index (κ1) is 14.8. The second kappa shape index (κ2) is 6.21. The van der Waals surface area contributed by atoms with Crippen LogP contribution in [0.5, 0.6) is 11.5 Å². The average molecular weight is 359 g/mol. The highest BCUT2D eigenvalue weighted by Gasteiger charge is 2.13. The Morgan fingerprint density at radius 3 is 2.65 bits per heavy atom. The van der Waals surface area contributed by atoms with Gasteiger partial charge in [-0.3, -0.25) is 10.1 Å². The second-order valence-corrected chi connectivity index (χ2v) is 5.21. The van der Waals surface area contributed by atoms with Crippen molar-refractivity contribution < 1.29 is 14.8 Å². The molecule has 2 aromatic rings. The molecular formula is C13H9BrClNO4. The Hall–Kier alpha value is -1.63. The van der Waals surface area contributed by atoms with Crippen LogP contribution >= 0.6 is 27.5 Å². The summed E-state index contributed by atoms with van der Waals surface area (Å²) in [5, 5.41) is 20.4. The molecule has 104 valence electrons. The van der Waals surface area contributed by atoms with E-state index in [1.54, 1.807) is 18.2 Å². The Morgan fingerprint density at radius 1 is 1.25 bits per heavy atom. The summed E-state index contributed by atoms with van der Waals surface area (Å²) in [4.78, 5) is 10.2. The van der Waals surface area contributed by atoms with Gasteiger partial charge < -0.3 is 9.84 Å². The number of benzene rings is 2. The van der Waals surface area contributed by atoms with Crippen molar-refractivity contribution in [1.82, 2.24) is 0 Å². The van der Waals surface area contributed by atoms with Gasteiger partial charge in [0.2, 0.25) is 0 Å². The van der Waals surface area contributed by atoms with Crippen molar-refractivity contribution in [2.45, 2.75) is 6.61 Å². The van der Waals surface area contributed by atoms with Crippen LogP contribution in [-0.4, -0.2) is 10.0 Å². The molecule has 0 saturated carbocycles. The molecule has 0 unspecified atom stereocenters. The summed E-state index contributed by atoms with van der Waals surface area (Å²) in [6.07, 6.45) is 0. The highest BCUT2D eigenvalue weighted by Crippen LogP contribution is 2.34. The third kappa shape index (κ3) is 3.27. The van der Waals surface area contributed by atoms with Crippen LogP contribution in [0.2, 0.25) is 5.02 Å². The maximum atomic E-state index is 10.7. The van der Waals surface area contributed by atoms with Crippen molar-refractivity contribution in [2.24, 2.45) is 0 Å². The molecule has 5 nitrogen and oxygen atoms in total. The van der Waals surface area contributed by atoms with Crippen molar-refractivity contribution in [2.75, 3.05) is 0 Å². The van der Waals surface area contributed by atoms with Crippen LogP contribution in [0.15, 0.2) is 40.9 Å². The molecule has 0 aromatic heterocycles. The molecule has 0 aliphatic rings. The van der Waals surface area contributed by atoms with Gasteiger partial charge in [-0.05, 0) is 24.3 Å². The van der Waals surface area contributed by atoms with E-state index in [1.165, 1.54) is 18.2 Å². The smallest absolute Gasteiger partial charge is 0.270 e. The molecule has 0 bridgehead atoms. The minimum Gasteiger partial charge on any atom is -0.455 e. The number of ether oxygens (including phenoxy) is 1. The third-order valence-electron chi connectivity index (χ3n) is 2.54. The van der Waals surface area contributed by atoms with Crippen LogP contribution in [0.4, 0.5) is 5.69 Å². The summed E-state index contributed by atoms with van der Waals surface area (Å²) >= 11 is 9.31. The molecule has 0 spiro atoms. The first-order chi connectivity index (χ1) is 9.51. The molecule has 20 heavy (non-hydrogen) atoms. The molecule has 0 fully saturated rings. The number of halogens is 2. The van der Waals surface area contributed by atoms with E-state index in [0.29, 0.717) is 22.1 Å². The summed E-state index contributed by atoms with van der Waals surface area (Å²) in [6.45, 7) is -0.372. The van der Waals surface area contributed by atoms with Crippen molar-refractivity contribution in [3.05, 3.63) is 61.6 Å². The summed E-state index contributed by atoms with van der Waals surface area (Å²) in [5.41, 5.74) is 0.206. The van der Waals surface area contributed by atoms with Crippen LogP contribution in [-0.2, 0) is 6.61 Å². The number of nitrogens with zero attached hydrogens (tertiary/aromatic N) is 1. The number of rotatable bonds is 4. The lowest BCUT2D eigenvalue weighted by Crippen LogP contribution is -1.95. The molecule has 0 heterocycles. The van der Waals surface area contributed by atoms with E-state index in [1.807, 2.05) is 0 Å².